The maximum atomic E-state index is 12.4. The van der Waals surface area contributed by atoms with Gasteiger partial charge in [0.05, 0.1) is 19.3 Å². The van der Waals surface area contributed by atoms with E-state index in [9.17, 15) is 4.79 Å². The molecule has 3 atom stereocenters. The van der Waals surface area contributed by atoms with Gasteiger partial charge >= 0.3 is 6.09 Å². The number of piperidine rings is 1. The molecule has 3 saturated heterocycles. The summed E-state index contributed by atoms with van der Waals surface area (Å²) in [4.78, 5) is 16.9. The number of hydrogen-bond donors (Lipinski definition) is 1. The van der Waals surface area contributed by atoms with E-state index in [1.165, 1.54) is 38.8 Å². The Morgan fingerprint density at radius 1 is 1.25 bits per heavy atom. The van der Waals surface area contributed by atoms with Crippen molar-refractivity contribution in [3.63, 3.8) is 0 Å². The third-order valence-corrected chi connectivity index (χ3v) is 5.32. The van der Waals surface area contributed by atoms with Crippen LogP contribution in [0.15, 0.2) is 0 Å². The number of carbonyl (C=O) groups excluding carboxylic acids is 1. The number of morpholine rings is 1. The lowest BCUT2D eigenvalue weighted by Crippen LogP contribution is -2.56. The fraction of sp³-hybridized carbons (Fsp3) is 0.944. The van der Waals surface area contributed by atoms with Crippen molar-refractivity contribution >= 4 is 6.09 Å². The predicted octanol–water partition coefficient (Wildman–Crippen LogP) is 1.84. The number of nitrogens with one attached hydrogen (secondary N) is 1. The maximum absolute atomic E-state index is 12.4. The summed E-state index contributed by atoms with van der Waals surface area (Å²) in [5.74, 6) is 0. The molecule has 6 heteroatoms. The molecule has 6 nitrogen and oxygen atoms in total. The minimum atomic E-state index is -0.456. The van der Waals surface area contributed by atoms with Crippen LogP contribution < -0.4 is 5.32 Å². The zero-order valence-electron chi connectivity index (χ0n) is 15.4. The first-order valence-corrected chi connectivity index (χ1v) is 9.47. The van der Waals surface area contributed by atoms with E-state index >= 15 is 0 Å². The summed E-state index contributed by atoms with van der Waals surface area (Å²) in [6.45, 7) is 10.8. The summed E-state index contributed by atoms with van der Waals surface area (Å²) >= 11 is 0. The standard InChI is InChI=1S/C18H33N3O3/c1-18(2,3)24-17(22)21-9-10-23-13-16(21)12-19-14-6-8-20-7-4-5-15(20)11-14/h14-16,19H,4-13H2,1-3H3. The number of carbonyl (C=O) groups is 1. The highest BCUT2D eigenvalue weighted by atomic mass is 16.6. The molecule has 0 radical (unpaired) electrons. The summed E-state index contributed by atoms with van der Waals surface area (Å²) in [7, 11) is 0. The highest BCUT2D eigenvalue weighted by molar-refractivity contribution is 5.68. The minimum absolute atomic E-state index is 0.0650. The lowest BCUT2D eigenvalue weighted by molar-refractivity contribution is -0.0326. The Hall–Kier alpha value is -0.850. The Morgan fingerprint density at radius 2 is 2.08 bits per heavy atom. The fourth-order valence-corrected chi connectivity index (χ4v) is 4.10. The summed E-state index contributed by atoms with van der Waals surface area (Å²) in [5, 5.41) is 3.70. The van der Waals surface area contributed by atoms with Crippen LogP contribution in [0.1, 0.15) is 46.5 Å². The van der Waals surface area contributed by atoms with E-state index in [-0.39, 0.29) is 12.1 Å². The number of hydrogen-bond acceptors (Lipinski definition) is 5. The van der Waals surface area contributed by atoms with Gasteiger partial charge in [-0.05, 0) is 59.5 Å². The van der Waals surface area contributed by atoms with E-state index in [1.54, 1.807) is 0 Å². The molecule has 3 rings (SSSR count). The molecule has 3 unspecified atom stereocenters. The van der Waals surface area contributed by atoms with Crippen LogP contribution in [-0.4, -0.2) is 79.0 Å². The van der Waals surface area contributed by atoms with Crippen molar-refractivity contribution < 1.29 is 14.3 Å². The third-order valence-electron chi connectivity index (χ3n) is 5.32. The second-order valence-corrected chi connectivity index (χ2v) is 8.36. The van der Waals surface area contributed by atoms with E-state index in [0.717, 1.165) is 12.6 Å². The van der Waals surface area contributed by atoms with Gasteiger partial charge in [0.15, 0.2) is 0 Å². The fourth-order valence-electron chi connectivity index (χ4n) is 4.10. The van der Waals surface area contributed by atoms with E-state index < -0.39 is 5.60 Å². The molecule has 1 amide bonds. The number of amides is 1. The van der Waals surface area contributed by atoms with Gasteiger partial charge in [-0.3, -0.25) is 4.90 Å². The van der Waals surface area contributed by atoms with Crippen molar-refractivity contribution in [3.8, 4) is 0 Å². The van der Waals surface area contributed by atoms with Crippen molar-refractivity contribution in [2.24, 2.45) is 0 Å². The van der Waals surface area contributed by atoms with E-state index in [1.807, 2.05) is 25.7 Å². The van der Waals surface area contributed by atoms with E-state index in [4.69, 9.17) is 9.47 Å². The number of nitrogens with zero attached hydrogens (tertiary/aromatic N) is 2. The highest BCUT2D eigenvalue weighted by Crippen LogP contribution is 2.27. The Bertz CT molecular complexity index is 438. The van der Waals surface area contributed by atoms with Crippen molar-refractivity contribution in [3.05, 3.63) is 0 Å². The van der Waals surface area contributed by atoms with Gasteiger partial charge < -0.3 is 19.7 Å². The lowest BCUT2D eigenvalue weighted by Gasteiger charge is -2.39. The molecule has 0 saturated carbocycles. The lowest BCUT2D eigenvalue weighted by atomic mass is 9.97. The molecular weight excluding hydrogens is 306 g/mol. The van der Waals surface area contributed by atoms with Gasteiger partial charge in [-0.2, -0.15) is 0 Å². The largest absolute Gasteiger partial charge is 0.444 e. The molecule has 3 aliphatic rings. The second-order valence-electron chi connectivity index (χ2n) is 8.36. The zero-order chi connectivity index (χ0) is 17.2. The van der Waals surface area contributed by atoms with Gasteiger partial charge in [-0.15, -0.1) is 0 Å². The molecular formula is C18H33N3O3. The van der Waals surface area contributed by atoms with Crippen molar-refractivity contribution in [2.45, 2.75) is 70.2 Å². The zero-order valence-corrected chi connectivity index (χ0v) is 15.4. The smallest absolute Gasteiger partial charge is 0.410 e. The van der Waals surface area contributed by atoms with E-state index in [0.29, 0.717) is 25.8 Å². The minimum Gasteiger partial charge on any atom is -0.444 e. The van der Waals surface area contributed by atoms with Crippen molar-refractivity contribution in [2.75, 3.05) is 39.4 Å². The van der Waals surface area contributed by atoms with Crippen LogP contribution >= 0.6 is 0 Å². The molecule has 138 valence electrons. The summed E-state index contributed by atoms with van der Waals surface area (Å²) < 4.78 is 11.2. The van der Waals surface area contributed by atoms with Gasteiger partial charge in [0.2, 0.25) is 0 Å². The van der Waals surface area contributed by atoms with Crippen LogP contribution in [-0.2, 0) is 9.47 Å². The first-order chi connectivity index (χ1) is 11.4. The Morgan fingerprint density at radius 3 is 2.88 bits per heavy atom. The van der Waals surface area contributed by atoms with Gasteiger partial charge in [-0.25, -0.2) is 4.79 Å². The van der Waals surface area contributed by atoms with Crippen LogP contribution in [0.5, 0.6) is 0 Å². The Balaban J connectivity index is 1.49. The van der Waals surface area contributed by atoms with Gasteiger partial charge in [0.1, 0.15) is 5.60 Å². The van der Waals surface area contributed by atoms with Gasteiger partial charge in [-0.1, -0.05) is 0 Å². The van der Waals surface area contributed by atoms with Crippen LogP contribution in [0, 0.1) is 0 Å². The summed E-state index contributed by atoms with van der Waals surface area (Å²) in [6, 6.07) is 1.39. The van der Waals surface area contributed by atoms with Crippen LogP contribution in [0.2, 0.25) is 0 Å². The third kappa shape index (κ3) is 4.61. The first kappa shape index (κ1) is 18.0. The molecule has 24 heavy (non-hydrogen) atoms. The second kappa shape index (κ2) is 7.58. The molecule has 0 aromatic rings. The van der Waals surface area contributed by atoms with E-state index in [2.05, 4.69) is 10.2 Å². The average Bonchev–Trinajstić information content (AvgIpc) is 2.99. The normalized spacial score (nSPS) is 31.8. The maximum Gasteiger partial charge on any atom is 0.410 e. The number of ether oxygens (including phenoxy) is 2. The molecule has 0 aromatic carbocycles. The van der Waals surface area contributed by atoms with Gasteiger partial charge in [0.25, 0.3) is 0 Å². The summed E-state index contributed by atoms with van der Waals surface area (Å²) in [5.41, 5.74) is -0.456. The monoisotopic (exact) mass is 339 g/mol. The van der Waals surface area contributed by atoms with Crippen molar-refractivity contribution in [1.29, 1.82) is 0 Å². The van der Waals surface area contributed by atoms with Crippen LogP contribution in [0.3, 0.4) is 0 Å². The summed E-state index contributed by atoms with van der Waals surface area (Å²) in [6.07, 6.45) is 4.91. The number of fused-ring (bicyclic) bond motifs is 1. The molecule has 1 N–H and O–H groups in total. The quantitative estimate of drug-likeness (QED) is 0.850. The number of rotatable bonds is 3. The Labute approximate surface area is 145 Å². The van der Waals surface area contributed by atoms with Crippen molar-refractivity contribution in [1.82, 2.24) is 15.1 Å². The highest BCUT2D eigenvalue weighted by Gasteiger charge is 2.34. The Kier molecular flexibility index (Phi) is 5.67. The van der Waals surface area contributed by atoms with Gasteiger partial charge in [0, 0.05) is 25.2 Å². The predicted molar refractivity (Wildman–Crippen MR) is 93.2 cm³/mol. The average molecular weight is 339 g/mol. The molecule has 0 aromatic heterocycles. The molecule has 0 aliphatic carbocycles. The molecule has 0 bridgehead atoms. The molecule has 3 aliphatic heterocycles. The molecule has 3 heterocycles. The molecule has 0 spiro atoms. The van der Waals surface area contributed by atoms with Crippen LogP contribution in [0.4, 0.5) is 4.79 Å². The first-order valence-electron chi connectivity index (χ1n) is 9.47. The van der Waals surface area contributed by atoms with Crippen LogP contribution in [0.25, 0.3) is 0 Å². The molecule has 3 fully saturated rings. The SMILES string of the molecule is CC(C)(C)OC(=O)N1CCOCC1CNC1CCN2CCCC2C1. The topological polar surface area (TPSA) is 54.0 Å².